The van der Waals surface area contributed by atoms with E-state index in [4.69, 9.17) is 9.47 Å². The quantitative estimate of drug-likeness (QED) is 0.544. The summed E-state index contributed by atoms with van der Waals surface area (Å²) in [6, 6.07) is 5.71. The van der Waals surface area contributed by atoms with Gasteiger partial charge in [-0.1, -0.05) is 19.8 Å². The Bertz CT molecular complexity index is 725. The summed E-state index contributed by atoms with van der Waals surface area (Å²) < 4.78 is 11.6. The molecule has 140 valence electrons. The minimum absolute atomic E-state index is 0.0842. The van der Waals surface area contributed by atoms with Gasteiger partial charge < -0.3 is 14.8 Å². The third-order valence-corrected chi connectivity index (χ3v) is 5.23. The lowest BCUT2D eigenvalue weighted by Crippen LogP contribution is -2.41. The van der Waals surface area contributed by atoms with Crippen LogP contribution in [-0.2, 0) is 4.79 Å². The van der Waals surface area contributed by atoms with Gasteiger partial charge in [-0.3, -0.25) is 4.79 Å². The normalized spacial score (nSPS) is 20.2. The van der Waals surface area contributed by atoms with E-state index in [0.29, 0.717) is 34.1 Å². The Kier molecular flexibility index (Phi) is 7.52. The summed E-state index contributed by atoms with van der Waals surface area (Å²) in [5.41, 5.74) is 0.779. The van der Waals surface area contributed by atoms with E-state index in [1.807, 2.05) is 13.0 Å². The van der Waals surface area contributed by atoms with Gasteiger partial charge >= 0.3 is 0 Å². The Morgan fingerprint density at radius 2 is 2.15 bits per heavy atom. The van der Waals surface area contributed by atoms with Gasteiger partial charge in [0, 0.05) is 6.04 Å². The van der Waals surface area contributed by atoms with Crippen molar-refractivity contribution in [1.29, 1.82) is 5.26 Å². The molecule has 1 aromatic rings. The number of ether oxygens (including phenoxy) is 2. The number of amides is 1. The first-order chi connectivity index (χ1) is 12.5. The van der Waals surface area contributed by atoms with Crippen molar-refractivity contribution in [1.82, 2.24) is 5.32 Å². The van der Waals surface area contributed by atoms with E-state index in [2.05, 4.69) is 28.2 Å². The molecule has 0 bridgehead atoms. The van der Waals surface area contributed by atoms with Crippen molar-refractivity contribution in [2.75, 3.05) is 13.7 Å². The van der Waals surface area contributed by atoms with Crippen LogP contribution in [0.3, 0.4) is 0 Å². The molecule has 1 aliphatic carbocycles. The minimum Gasteiger partial charge on any atom is -0.493 e. The summed E-state index contributed by atoms with van der Waals surface area (Å²) in [5, 5.41) is 12.5. The largest absolute Gasteiger partial charge is 0.493 e. The van der Waals surface area contributed by atoms with Crippen LogP contribution in [0.5, 0.6) is 11.5 Å². The number of carbonyl (C=O) groups is 1. The van der Waals surface area contributed by atoms with Crippen LogP contribution in [0.15, 0.2) is 22.2 Å². The Labute approximate surface area is 163 Å². The van der Waals surface area contributed by atoms with Crippen molar-refractivity contribution in [2.24, 2.45) is 5.92 Å². The molecule has 0 spiro atoms. The highest BCUT2D eigenvalue weighted by atomic mass is 79.9. The first kappa shape index (κ1) is 20.3. The van der Waals surface area contributed by atoms with Crippen molar-refractivity contribution in [2.45, 2.75) is 45.6 Å². The maximum atomic E-state index is 12.5. The van der Waals surface area contributed by atoms with E-state index in [9.17, 15) is 10.1 Å². The van der Waals surface area contributed by atoms with Gasteiger partial charge in [-0.2, -0.15) is 5.26 Å². The van der Waals surface area contributed by atoms with Gasteiger partial charge in [0.2, 0.25) is 0 Å². The van der Waals surface area contributed by atoms with E-state index in [-0.39, 0.29) is 17.5 Å². The van der Waals surface area contributed by atoms with E-state index < -0.39 is 0 Å². The van der Waals surface area contributed by atoms with Crippen molar-refractivity contribution in [3.05, 3.63) is 27.7 Å². The number of hydrogen-bond acceptors (Lipinski definition) is 4. The molecule has 1 N–H and O–H groups in total. The van der Waals surface area contributed by atoms with Gasteiger partial charge in [0.05, 0.1) is 18.2 Å². The van der Waals surface area contributed by atoms with Crippen LogP contribution < -0.4 is 14.8 Å². The fraction of sp³-hybridized carbons (Fsp3) is 0.500. The van der Waals surface area contributed by atoms with Crippen LogP contribution in [0.4, 0.5) is 0 Å². The first-order valence-electron chi connectivity index (χ1n) is 8.93. The molecule has 0 unspecified atom stereocenters. The Hall–Kier alpha value is -2.00. The number of rotatable bonds is 6. The van der Waals surface area contributed by atoms with Crippen LogP contribution >= 0.6 is 15.9 Å². The average molecular weight is 421 g/mol. The predicted octanol–water partition coefficient (Wildman–Crippen LogP) is 4.46. The van der Waals surface area contributed by atoms with Gasteiger partial charge in [0.1, 0.15) is 11.6 Å². The number of nitrogens with zero attached hydrogens (tertiary/aromatic N) is 1. The highest BCUT2D eigenvalue weighted by molar-refractivity contribution is 9.10. The maximum Gasteiger partial charge on any atom is 0.262 e. The van der Waals surface area contributed by atoms with Crippen molar-refractivity contribution >= 4 is 27.9 Å². The molecule has 0 saturated heterocycles. The second-order valence-corrected chi connectivity index (χ2v) is 7.33. The number of methoxy groups -OCH3 is 1. The van der Waals surface area contributed by atoms with Crippen LogP contribution in [0.2, 0.25) is 0 Å². The zero-order valence-electron chi connectivity index (χ0n) is 15.5. The topological polar surface area (TPSA) is 71.3 Å². The lowest BCUT2D eigenvalue weighted by Gasteiger charge is -2.29. The van der Waals surface area contributed by atoms with Crippen molar-refractivity contribution in [3.63, 3.8) is 0 Å². The van der Waals surface area contributed by atoms with Gasteiger partial charge in [-0.25, -0.2) is 0 Å². The van der Waals surface area contributed by atoms with Gasteiger partial charge in [-0.15, -0.1) is 0 Å². The number of carbonyl (C=O) groups excluding carboxylic acids is 1. The third kappa shape index (κ3) is 5.01. The fourth-order valence-electron chi connectivity index (χ4n) is 3.20. The van der Waals surface area contributed by atoms with E-state index in [0.717, 1.165) is 19.3 Å². The van der Waals surface area contributed by atoms with Gasteiger partial charge in [0.25, 0.3) is 5.91 Å². The average Bonchev–Trinajstić information content (AvgIpc) is 2.63. The molecule has 1 aliphatic rings. The lowest BCUT2D eigenvalue weighted by molar-refractivity contribution is -0.118. The second-order valence-electron chi connectivity index (χ2n) is 6.48. The highest BCUT2D eigenvalue weighted by Crippen LogP contribution is 2.37. The number of nitriles is 1. The summed E-state index contributed by atoms with van der Waals surface area (Å²) in [5.74, 6) is 1.26. The molecule has 2 rings (SSSR count). The van der Waals surface area contributed by atoms with E-state index >= 15 is 0 Å². The standard InChI is InChI=1S/C20H25BrN2O3/c1-4-26-19-16(21)10-14(11-18(19)25-3)9-15(12-22)20(24)23-17-8-6-5-7-13(17)2/h9-11,13,17H,4-8H2,1-3H3,(H,23,24)/b15-9+/t13-,17-/m0/s1. The summed E-state index contributed by atoms with van der Waals surface area (Å²) >= 11 is 3.46. The SMILES string of the molecule is CCOc1c(Br)cc(/C=C(\C#N)C(=O)N[C@H]2CCCC[C@@H]2C)cc1OC. The summed E-state index contributed by atoms with van der Waals surface area (Å²) in [7, 11) is 1.56. The van der Waals surface area contributed by atoms with Crippen molar-refractivity contribution in [3.8, 4) is 17.6 Å². The van der Waals surface area contributed by atoms with Gasteiger partial charge in [-0.05, 0) is 65.4 Å². The Morgan fingerprint density at radius 1 is 1.42 bits per heavy atom. The molecule has 2 atom stereocenters. The van der Waals surface area contributed by atoms with Crippen LogP contribution in [0.25, 0.3) is 6.08 Å². The van der Waals surface area contributed by atoms with Crippen LogP contribution in [0.1, 0.15) is 45.1 Å². The zero-order valence-corrected chi connectivity index (χ0v) is 17.1. The molecule has 1 saturated carbocycles. The van der Waals surface area contributed by atoms with Crippen LogP contribution in [-0.4, -0.2) is 25.7 Å². The number of hydrogen-bond donors (Lipinski definition) is 1. The molecule has 0 radical (unpaired) electrons. The molecule has 26 heavy (non-hydrogen) atoms. The van der Waals surface area contributed by atoms with Crippen LogP contribution in [0, 0.1) is 17.2 Å². The molecule has 5 nitrogen and oxygen atoms in total. The molecule has 6 heteroatoms. The van der Waals surface area contributed by atoms with Crippen molar-refractivity contribution < 1.29 is 14.3 Å². The summed E-state index contributed by atoms with van der Waals surface area (Å²) in [6.45, 7) is 4.55. The fourth-order valence-corrected chi connectivity index (χ4v) is 3.77. The third-order valence-electron chi connectivity index (χ3n) is 4.64. The second kappa shape index (κ2) is 9.63. The number of halogens is 1. The molecular formula is C20H25BrN2O3. The summed E-state index contributed by atoms with van der Waals surface area (Å²) in [6.07, 6.45) is 5.97. The lowest BCUT2D eigenvalue weighted by atomic mass is 9.86. The van der Waals surface area contributed by atoms with Gasteiger partial charge in [0.15, 0.2) is 11.5 Å². The smallest absolute Gasteiger partial charge is 0.262 e. The predicted molar refractivity (Wildman–Crippen MR) is 105 cm³/mol. The minimum atomic E-state index is -0.324. The van der Waals surface area contributed by atoms with E-state index in [1.54, 1.807) is 25.3 Å². The Balaban J connectivity index is 2.23. The molecular weight excluding hydrogens is 396 g/mol. The van der Waals surface area contributed by atoms with E-state index in [1.165, 1.54) is 6.42 Å². The first-order valence-corrected chi connectivity index (χ1v) is 9.72. The molecule has 0 heterocycles. The molecule has 0 aliphatic heterocycles. The maximum absolute atomic E-state index is 12.5. The monoisotopic (exact) mass is 420 g/mol. The molecule has 1 aromatic carbocycles. The summed E-state index contributed by atoms with van der Waals surface area (Å²) in [4.78, 5) is 12.5. The molecule has 0 aromatic heterocycles. The number of nitrogens with one attached hydrogen (secondary N) is 1. The molecule has 1 amide bonds. The molecule has 1 fully saturated rings. The highest BCUT2D eigenvalue weighted by Gasteiger charge is 2.24. The number of benzene rings is 1. The Morgan fingerprint density at radius 3 is 2.77 bits per heavy atom. The zero-order chi connectivity index (χ0) is 19.1.